The second kappa shape index (κ2) is 3.41. The van der Waals surface area contributed by atoms with Gasteiger partial charge in [0.15, 0.2) is 0 Å². The van der Waals surface area contributed by atoms with Gasteiger partial charge in [-0.05, 0) is 17.5 Å². The molecule has 0 unspecified atom stereocenters. The zero-order valence-electron chi connectivity index (χ0n) is 6.83. The van der Waals surface area contributed by atoms with Crippen molar-refractivity contribution in [1.29, 1.82) is 0 Å². The fourth-order valence-corrected chi connectivity index (χ4v) is 1.29. The Hall–Kier alpha value is -1.28. The Morgan fingerprint density at radius 2 is 1.50 bits per heavy atom. The summed E-state index contributed by atoms with van der Waals surface area (Å²) in [4.78, 5) is 0. The molecule has 0 heterocycles. The smallest absolute Gasteiger partial charge is 0.135 e. The van der Waals surface area contributed by atoms with Crippen molar-refractivity contribution in [3.63, 3.8) is 0 Å². The molecule has 0 aliphatic carbocycles. The van der Waals surface area contributed by atoms with Gasteiger partial charge in [-0.25, -0.2) is 0 Å². The second-order valence-electron chi connectivity index (χ2n) is 2.64. The average Bonchev–Trinajstić information content (AvgIpc) is 2.06. The number of rotatable bonds is 0. The number of hydrogen-bond acceptors (Lipinski definition) is 0. The molecule has 1 nitrogen and oxygen atoms in total. The van der Waals surface area contributed by atoms with E-state index in [1.54, 1.807) is 0 Å². The molecule has 2 heteroatoms. The lowest BCUT2D eigenvalue weighted by Gasteiger charge is -1.95. The fourth-order valence-electron chi connectivity index (χ4n) is 1.29. The highest BCUT2D eigenvalue weighted by molar-refractivity contribution is 5.90. The van der Waals surface area contributed by atoms with Gasteiger partial charge in [0.1, 0.15) is 5.69 Å². The van der Waals surface area contributed by atoms with Gasteiger partial charge in [0, 0.05) is 5.39 Å². The van der Waals surface area contributed by atoms with Crippen molar-refractivity contribution >= 4 is 24.9 Å². The molecular formula is C10H10BN. The van der Waals surface area contributed by atoms with Gasteiger partial charge in [0.25, 0.3) is 0 Å². The van der Waals surface area contributed by atoms with Crippen LogP contribution in [-0.4, -0.2) is 8.41 Å². The summed E-state index contributed by atoms with van der Waals surface area (Å²) in [7, 11) is 0. The van der Waals surface area contributed by atoms with Crippen molar-refractivity contribution in [3.05, 3.63) is 42.5 Å². The highest BCUT2D eigenvalue weighted by atomic mass is 14.5. The molecule has 58 valence electrons. The van der Waals surface area contributed by atoms with Crippen molar-refractivity contribution in [2.24, 2.45) is 0 Å². The van der Waals surface area contributed by atoms with Crippen LogP contribution >= 0.6 is 0 Å². The maximum absolute atomic E-state index is 3.95. The highest BCUT2D eigenvalue weighted by Crippen LogP contribution is 2.17. The van der Waals surface area contributed by atoms with E-state index in [1.165, 1.54) is 10.8 Å². The van der Waals surface area contributed by atoms with Gasteiger partial charge in [-0.15, -0.1) is 0 Å². The largest absolute Gasteiger partial charge is 1.00 e. The third-order valence-corrected chi connectivity index (χ3v) is 1.88. The first-order chi connectivity index (χ1) is 5.38. The van der Waals surface area contributed by atoms with E-state index in [0.29, 0.717) is 0 Å². The lowest BCUT2D eigenvalue weighted by atomic mass is 10.1. The van der Waals surface area contributed by atoms with Gasteiger partial charge in [0.2, 0.25) is 0 Å². The van der Waals surface area contributed by atoms with Crippen LogP contribution in [0.15, 0.2) is 42.5 Å². The molecule has 4 radical (unpaired) electrons. The second-order valence-corrected chi connectivity index (χ2v) is 2.64. The molecule has 2 aromatic carbocycles. The molecule has 0 atom stereocenters. The third-order valence-electron chi connectivity index (χ3n) is 1.88. The SMILES string of the molecule is [B-].[NH3+]c1cccc2ccccc12. The highest BCUT2D eigenvalue weighted by Gasteiger charge is 1.96. The van der Waals surface area contributed by atoms with E-state index in [-0.39, 0.29) is 8.41 Å². The summed E-state index contributed by atoms with van der Waals surface area (Å²) >= 11 is 0. The van der Waals surface area contributed by atoms with E-state index in [9.17, 15) is 0 Å². The van der Waals surface area contributed by atoms with Gasteiger partial charge in [-0.2, -0.15) is 0 Å². The van der Waals surface area contributed by atoms with Crippen LogP contribution in [0.3, 0.4) is 0 Å². The first-order valence-corrected chi connectivity index (χ1v) is 3.67. The van der Waals surface area contributed by atoms with Crippen molar-refractivity contribution < 1.29 is 5.73 Å². The van der Waals surface area contributed by atoms with Crippen molar-refractivity contribution in [1.82, 2.24) is 0 Å². The van der Waals surface area contributed by atoms with Gasteiger partial charge < -0.3 is 14.1 Å². The fraction of sp³-hybridized carbons (Fsp3) is 0. The quantitative estimate of drug-likeness (QED) is 0.556. The summed E-state index contributed by atoms with van der Waals surface area (Å²) < 4.78 is 0. The minimum absolute atomic E-state index is 0. The first kappa shape index (κ1) is 8.82. The van der Waals surface area contributed by atoms with E-state index in [4.69, 9.17) is 0 Å². The zero-order chi connectivity index (χ0) is 7.68. The Labute approximate surface area is 73.8 Å². The number of fused-ring (bicyclic) bond motifs is 1. The zero-order valence-corrected chi connectivity index (χ0v) is 6.83. The predicted octanol–water partition coefficient (Wildman–Crippen LogP) is 1.33. The molecular weight excluding hydrogens is 145 g/mol. The molecule has 0 amide bonds. The first-order valence-electron chi connectivity index (χ1n) is 3.67. The van der Waals surface area contributed by atoms with E-state index in [1.807, 2.05) is 24.3 Å². The van der Waals surface area contributed by atoms with Crippen LogP contribution in [0.1, 0.15) is 0 Å². The molecule has 0 aromatic heterocycles. The van der Waals surface area contributed by atoms with Crippen LogP contribution in [0.4, 0.5) is 5.69 Å². The summed E-state index contributed by atoms with van der Waals surface area (Å²) in [6.45, 7) is 0. The molecule has 3 N–H and O–H groups in total. The number of quaternary nitrogens is 1. The van der Waals surface area contributed by atoms with Crippen LogP contribution in [0.5, 0.6) is 0 Å². The Kier molecular flexibility index (Phi) is 2.51. The van der Waals surface area contributed by atoms with Gasteiger partial charge >= 0.3 is 0 Å². The van der Waals surface area contributed by atoms with Crippen molar-refractivity contribution in [3.8, 4) is 0 Å². The lowest BCUT2D eigenvalue weighted by Crippen LogP contribution is -2.40. The van der Waals surface area contributed by atoms with Crippen LogP contribution in [-0.2, 0) is 0 Å². The maximum atomic E-state index is 3.95. The maximum Gasteiger partial charge on any atom is 0.135 e. The molecule has 2 rings (SSSR count). The van der Waals surface area contributed by atoms with Crippen LogP contribution in [0.25, 0.3) is 10.8 Å². The van der Waals surface area contributed by atoms with E-state index in [2.05, 4.69) is 23.9 Å². The van der Waals surface area contributed by atoms with E-state index in [0.717, 1.165) is 5.69 Å². The normalized spacial score (nSPS) is 9.42. The molecule has 0 saturated carbocycles. The molecule has 2 aromatic rings. The molecule has 0 saturated heterocycles. The van der Waals surface area contributed by atoms with Gasteiger partial charge in [-0.1, -0.05) is 30.3 Å². The topological polar surface area (TPSA) is 27.6 Å². The molecule has 0 aliphatic heterocycles. The van der Waals surface area contributed by atoms with E-state index < -0.39 is 0 Å². The van der Waals surface area contributed by atoms with Crippen LogP contribution < -0.4 is 5.73 Å². The predicted molar refractivity (Wildman–Crippen MR) is 52.3 cm³/mol. The summed E-state index contributed by atoms with van der Waals surface area (Å²) in [5, 5.41) is 2.51. The van der Waals surface area contributed by atoms with Crippen molar-refractivity contribution in [2.45, 2.75) is 0 Å². The summed E-state index contributed by atoms with van der Waals surface area (Å²) in [5.74, 6) is 0. The Morgan fingerprint density at radius 3 is 2.25 bits per heavy atom. The average molecular weight is 155 g/mol. The Morgan fingerprint density at radius 1 is 0.833 bits per heavy atom. The van der Waals surface area contributed by atoms with Crippen molar-refractivity contribution in [2.75, 3.05) is 0 Å². The molecule has 0 fully saturated rings. The molecule has 12 heavy (non-hydrogen) atoms. The third kappa shape index (κ3) is 1.34. The summed E-state index contributed by atoms with van der Waals surface area (Å²) in [6, 6.07) is 14.4. The molecule has 0 bridgehead atoms. The van der Waals surface area contributed by atoms with Crippen LogP contribution in [0, 0.1) is 0 Å². The standard InChI is InChI=1S/C10H9N.B/c11-10-7-3-5-8-4-1-2-6-9(8)10;/h1-7H,11H2;/q;-1/p+1. The Bertz CT molecular complexity index is 379. The summed E-state index contributed by atoms with van der Waals surface area (Å²) in [6.07, 6.45) is 0. The van der Waals surface area contributed by atoms with Crippen LogP contribution in [0.2, 0.25) is 0 Å². The number of hydrogen-bond donors (Lipinski definition) is 1. The summed E-state index contributed by atoms with van der Waals surface area (Å²) in [5.41, 5.74) is 5.05. The van der Waals surface area contributed by atoms with Gasteiger partial charge in [0.05, 0.1) is 0 Å². The minimum atomic E-state index is 0. The molecule has 0 aliphatic rings. The minimum Gasteiger partial charge on any atom is -1.00 e. The lowest BCUT2D eigenvalue weighted by molar-refractivity contribution is -0.252. The molecule has 0 spiro atoms. The monoisotopic (exact) mass is 155 g/mol. The number of benzene rings is 2. The van der Waals surface area contributed by atoms with Gasteiger partial charge in [-0.3, -0.25) is 0 Å². The Balaban J connectivity index is 0.000000720. The van der Waals surface area contributed by atoms with E-state index >= 15 is 0 Å².